The molecule has 1 heterocycles. The van der Waals surface area contributed by atoms with E-state index >= 15 is 0 Å². The van der Waals surface area contributed by atoms with Crippen LogP contribution in [0.1, 0.15) is 48.4 Å². The maximum atomic E-state index is 12.1. The Balaban J connectivity index is 1.52. The summed E-state index contributed by atoms with van der Waals surface area (Å²) < 4.78 is 5.76. The summed E-state index contributed by atoms with van der Waals surface area (Å²) in [5, 5.41) is 6.27. The number of rotatable bonds is 7. The molecule has 1 amide bonds. The van der Waals surface area contributed by atoms with E-state index in [0.717, 1.165) is 36.4 Å². The molecule has 132 valence electrons. The van der Waals surface area contributed by atoms with Crippen molar-refractivity contribution in [1.29, 1.82) is 0 Å². The Morgan fingerprint density at radius 1 is 1.20 bits per heavy atom. The van der Waals surface area contributed by atoms with Gasteiger partial charge in [0.05, 0.1) is 0 Å². The van der Waals surface area contributed by atoms with Crippen molar-refractivity contribution in [1.82, 2.24) is 10.6 Å². The molecule has 0 saturated heterocycles. The molecule has 2 aromatic carbocycles. The molecule has 3 rings (SSSR count). The first-order chi connectivity index (χ1) is 12.2. The van der Waals surface area contributed by atoms with Crippen molar-refractivity contribution >= 4 is 5.91 Å². The number of hydrogen-bond acceptors (Lipinski definition) is 3. The van der Waals surface area contributed by atoms with Gasteiger partial charge in [0.2, 0.25) is 0 Å². The first-order valence-electron chi connectivity index (χ1n) is 8.97. The Hall–Kier alpha value is -2.33. The minimum atomic E-state index is -0.0995. The molecule has 2 N–H and O–H groups in total. The van der Waals surface area contributed by atoms with Crippen LogP contribution in [0.4, 0.5) is 0 Å². The zero-order valence-corrected chi connectivity index (χ0v) is 15.0. The van der Waals surface area contributed by atoms with E-state index in [9.17, 15) is 4.79 Å². The van der Waals surface area contributed by atoms with Crippen LogP contribution < -0.4 is 15.4 Å². The maximum Gasteiger partial charge on any atom is 0.258 e. The Labute approximate surface area is 149 Å². The molecule has 0 aliphatic carbocycles. The van der Waals surface area contributed by atoms with Gasteiger partial charge in [-0.2, -0.15) is 0 Å². The van der Waals surface area contributed by atoms with Crippen LogP contribution in [0.5, 0.6) is 5.75 Å². The van der Waals surface area contributed by atoms with E-state index in [1.807, 2.05) is 18.2 Å². The molecule has 0 saturated carbocycles. The van der Waals surface area contributed by atoms with Crippen molar-refractivity contribution in [3.63, 3.8) is 0 Å². The number of carbonyl (C=O) groups is 1. The van der Waals surface area contributed by atoms with Crippen molar-refractivity contribution in [2.75, 3.05) is 6.61 Å². The molecular formula is C21H26N2O2. The summed E-state index contributed by atoms with van der Waals surface area (Å²) in [6.07, 6.45) is 1.04. The molecule has 1 aliphatic rings. The van der Waals surface area contributed by atoms with Crippen LogP contribution in [0, 0.1) is 0 Å². The van der Waals surface area contributed by atoms with Crippen LogP contribution in [0.2, 0.25) is 0 Å². The zero-order chi connectivity index (χ0) is 17.6. The van der Waals surface area contributed by atoms with Crippen molar-refractivity contribution in [2.45, 2.75) is 45.8 Å². The normalized spacial score (nSPS) is 14.0. The van der Waals surface area contributed by atoms with Crippen molar-refractivity contribution in [3.8, 4) is 5.75 Å². The third kappa shape index (κ3) is 4.40. The highest BCUT2D eigenvalue weighted by molar-refractivity contribution is 5.77. The number of fused-ring (bicyclic) bond motifs is 1. The SMILES string of the molecule is CCC(C)c1ccccc1OCC(=O)NCc1ccc2c(c1)CNC2. The number of nitrogens with one attached hydrogen (secondary N) is 2. The first kappa shape index (κ1) is 17.5. The molecule has 4 heteroatoms. The smallest absolute Gasteiger partial charge is 0.258 e. The van der Waals surface area contributed by atoms with Gasteiger partial charge in [-0.3, -0.25) is 4.79 Å². The fourth-order valence-corrected chi connectivity index (χ4v) is 3.09. The van der Waals surface area contributed by atoms with Crippen LogP contribution in [-0.2, 0) is 24.4 Å². The lowest BCUT2D eigenvalue weighted by molar-refractivity contribution is -0.123. The van der Waals surface area contributed by atoms with E-state index in [-0.39, 0.29) is 12.5 Å². The number of amides is 1. The first-order valence-corrected chi connectivity index (χ1v) is 8.97. The second-order valence-electron chi connectivity index (χ2n) is 6.62. The van der Waals surface area contributed by atoms with Gasteiger partial charge >= 0.3 is 0 Å². The lowest BCUT2D eigenvalue weighted by Crippen LogP contribution is -2.28. The summed E-state index contributed by atoms with van der Waals surface area (Å²) in [4.78, 5) is 12.1. The van der Waals surface area contributed by atoms with Gasteiger partial charge in [0.15, 0.2) is 6.61 Å². The lowest BCUT2D eigenvalue weighted by atomic mass is 9.98. The summed E-state index contributed by atoms with van der Waals surface area (Å²) in [5.74, 6) is 1.12. The molecule has 1 atom stereocenters. The van der Waals surface area contributed by atoms with Gasteiger partial charge < -0.3 is 15.4 Å². The average Bonchev–Trinajstić information content (AvgIpc) is 3.12. The molecule has 0 aromatic heterocycles. The number of para-hydroxylation sites is 1. The largest absolute Gasteiger partial charge is 0.483 e. The summed E-state index contributed by atoms with van der Waals surface area (Å²) in [6.45, 7) is 6.74. The van der Waals surface area contributed by atoms with Crippen molar-refractivity contribution < 1.29 is 9.53 Å². The van der Waals surface area contributed by atoms with Gasteiger partial charge in [-0.25, -0.2) is 0 Å². The average molecular weight is 338 g/mol. The Morgan fingerprint density at radius 3 is 2.84 bits per heavy atom. The molecule has 4 nitrogen and oxygen atoms in total. The summed E-state index contributed by atoms with van der Waals surface area (Å²) in [7, 11) is 0. The molecule has 0 radical (unpaired) electrons. The van der Waals surface area contributed by atoms with Crippen LogP contribution in [0.3, 0.4) is 0 Å². The third-order valence-corrected chi connectivity index (χ3v) is 4.81. The highest BCUT2D eigenvalue weighted by Crippen LogP contribution is 2.28. The van der Waals surface area contributed by atoms with Gasteiger partial charge in [-0.1, -0.05) is 50.2 Å². The minimum Gasteiger partial charge on any atom is -0.483 e. The van der Waals surface area contributed by atoms with Crippen LogP contribution in [-0.4, -0.2) is 12.5 Å². The van der Waals surface area contributed by atoms with E-state index in [1.165, 1.54) is 11.1 Å². The zero-order valence-electron chi connectivity index (χ0n) is 15.0. The quantitative estimate of drug-likeness (QED) is 0.812. The van der Waals surface area contributed by atoms with E-state index in [4.69, 9.17) is 4.74 Å². The summed E-state index contributed by atoms with van der Waals surface area (Å²) >= 11 is 0. The predicted octanol–water partition coefficient (Wildman–Crippen LogP) is 3.50. The Kier molecular flexibility index (Phi) is 5.71. The number of ether oxygens (including phenoxy) is 1. The highest BCUT2D eigenvalue weighted by atomic mass is 16.5. The van der Waals surface area contributed by atoms with E-state index in [0.29, 0.717) is 12.5 Å². The maximum absolute atomic E-state index is 12.1. The van der Waals surface area contributed by atoms with Crippen molar-refractivity contribution in [3.05, 3.63) is 64.7 Å². The Morgan fingerprint density at radius 2 is 2.00 bits per heavy atom. The van der Waals surface area contributed by atoms with E-state index < -0.39 is 0 Å². The fraction of sp³-hybridized carbons (Fsp3) is 0.381. The number of carbonyl (C=O) groups excluding carboxylic acids is 1. The molecule has 0 bridgehead atoms. The van der Waals surface area contributed by atoms with Gasteiger partial charge in [-0.15, -0.1) is 0 Å². The van der Waals surface area contributed by atoms with E-state index in [2.05, 4.69) is 48.7 Å². The molecule has 1 aliphatic heterocycles. The molecule has 0 fully saturated rings. The standard InChI is InChI=1S/C21H26N2O2/c1-3-15(2)19-6-4-5-7-20(19)25-14-21(24)23-11-16-8-9-17-12-22-13-18(17)10-16/h4-10,15,22H,3,11-14H2,1-2H3,(H,23,24). The highest BCUT2D eigenvalue weighted by Gasteiger charge is 2.12. The van der Waals surface area contributed by atoms with Crippen molar-refractivity contribution in [2.24, 2.45) is 0 Å². The minimum absolute atomic E-state index is 0.0416. The summed E-state index contributed by atoms with van der Waals surface area (Å²) in [5.41, 5.74) is 4.95. The third-order valence-electron chi connectivity index (χ3n) is 4.81. The molecule has 25 heavy (non-hydrogen) atoms. The lowest BCUT2D eigenvalue weighted by Gasteiger charge is -2.15. The van der Waals surface area contributed by atoms with Gasteiger partial charge in [0, 0.05) is 19.6 Å². The van der Waals surface area contributed by atoms with E-state index in [1.54, 1.807) is 0 Å². The summed E-state index contributed by atoms with van der Waals surface area (Å²) in [6, 6.07) is 14.3. The topological polar surface area (TPSA) is 50.4 Å². The molecule has 0 spiro atoms. The predicted molar refractivity (Wildman–Crippen MR) is 99.5 cm³/mol. The van der Waals surface area contributed by atoms with Crippen LogP contribution in [0.15, 0.2) is 42.5 Å². The molecular weight excluding hydrogens is 312 g/mol. The second kappa shape index (κ2) is 8.17. The van der Waals surface area contributed by atoms with Crippen LogP contribution >= 0.6 is 0 Å². The monoisotopic (exact) mass is 338 g/mol. The number of benzene rings is 2. The molecule has 2 aromatic rings. The van der Waals surface area contributed by atoms with Crippen LogP contribution in [0.25, 0.3) is 0 Å². The fourth-order valence-electron chi connectivity index (χ4n) is 3.09. The number of hydrogen-bond donors (Lipinski definition) is 2. The molecule has 1 unspecified atom stereocenters. The van der Waals surface area contributed by atoms with Gasteiger partial charge in [0.1, 0.15) is 5.75 Å². The Bertz CT molecular complexity index is 742. The van der Waals surface area contributed by atoms with Gasteiger partial charge in [-0.05, 0) is 40.7 Å². The second-order valence-corrected chi connectivity index (χ2v) is 6.62. The van der Waals surface area contributed by atoms with Gasteiger partial charge in [0.25, 0.3) is 5.91 Å².